The number of aryl methyl sites for hydroxylation is 2. The molecule has 146 valence electrons. The number of nitrogens with zero attached hydrogens (tertiary/aromatic N) is 2. The van der Waals surface area contributed by atoms with Crippen molar-refractivity contribution in [2.24, 2.45) is 0 Å². The number of hydrogen-bond donors (Lipinski definition) is 1. The number of carbonyl (C=O) groups is 2. The van der Waals surface area contributed by atoms with Crippen molar-refractivity contribution in [3.8, 4) is 0 Å². The first-order valence-electron chi connectivity index (χ1n) is 9.71. The van der Waals surface area contributed by atoms with Crippen LogP contribution in [0.4, 0.5) is 0 Å². The molecule has 2 heterocycles. The van der Waals surface area contributed by atoms with Gasteiger partial charge < -0.3 is 10.0 Å². The SMILES string of the molecule is CCCCCN1C(=O)C(=O)/C(=C(\O)c2ccc(C)c(C)c2)C1c1ccncc1. The summed E-state index contributed by atoms with van der Waals surface area (Å²) in [5.74, 6) is -1.31. The summed E-state index contributed by atoms with van der Waals surface area (Å²) < 4.78 is 0. The fraction of sp³-hybridized carbons (Fsp3) is 0.348. The van der Waals surface area contributed by atoms with E-state index in [-0.39, 0.29) is 11.3 Å². The molecule has 3 rings (SSSR count). The largest absolute Gasteiger partial charge is 0.507 e. The van der Waals surface area contributed by atoms with Gasteiger partial charge in [0.2, 0.25) is 0 Å². The highest BCUT2D eigenvalue weighted by Crippen LogP contribution is 2.39. The van der Waals surface area contributed by atoms with Gasteiger partial charge in [0.15, 0.2) is 0 Å². The van der Waals surface area contributed by atoms with Crippen LogP contribution in [0.5, 0.6) is 0 Å². The van der Waals surface area contributed by atoms with Crippen LogP contribution in [0, 0.1) is 13.8 Å². The number of pyridine rings is 1. The maximum Gasteiger partial charge on any atom is 0.295 e. The maximum absolute atomic E-state index is 12.9. The van der Waals surface area contributed by atoms with Crippen molar-refractivity contribution in [1.82, 2.24) is 9.88 Å². The zero-order chi connectivity index (χ0) is 20.3. The molecule has 5 heteroatoms. The third kappa shape index (κ3) is 3.70. The Hall–Kier alpha value is -2.95. The Labute approximate surface area is 165 Å². The normalized spacial score (nSPS) is 18.7. The van der Waals surface area contributed by atoms with Crippen LogP contribution in [-0.4, -0.2) is 33.2 Å². The van der Waals surface area contributed by atoms with Crippen molar-refractivity contribution in [3.05, 3.63) is 70.6 Å². The summed E-state index contributed by atoms with van der Waals surface area (Å²) in [6, 6.07) is 8.52. The molecule has 2 aromatic rings. The molecule has 1 aliphatic heterocycles. The number of aliphatic hydroxyl groups is 1. The lowest BCUT2D eigenvalue weighted by atomic mass is 9.95. The molecule has 0 bridgehead atoms. The van der Waals surface area contributed by atoms with E-state index in [1.54, 1.807) is 35.5 Å². The smallest absolute Gasteiger partial charge is 0.295 e. The number of unbranched alkanes of at least 4 members (excludes halogenated alkanes) is 2. The molecule has 0 aliphatic carbocycles. The van der Waals surface area contributed by atoms with Gasteiger partial charge in [0, 0.05) is 24.5 Å². The van der Waals surface area contributed by atoms with E-state index in [4.69, 9.17) is 0 Å². The summed E-state index contributed by atoms with van der Waals surface area (Å²) in [5.41, 5.74) is 3.59. The number of benzene rings is 1. The van der Waals surface area contributed by atoms with Gasteiger partial charge in [0.05, 0.1) is 11.6 Å². The Bertz CT molecular complexity index is 919. The zero-order valence-corrected chi connectivity index (χ0v) is 16.6. The fourth-order valence-corrected chi connectivity index (χ4v) is 3.58. The standard InChI is InChI=1S/C23H26N2O3/c1-4-5-6-13-25-20(17-9-11-24-12-10-17)19(22(27)23(25)28)21(26)18-8-7-15(2)16(3)14-18/h7-12,14,20,26H,4-6,13H2,1-3H3/b21-19-. The molecule has 1 aromatic heterocycles. The Kier molecular flexibility index (Phi) is 5.93. The lowest BCUT2D eigenvalue weighted by molar-refractivity contribution is -0.139. The highest BCUT2D eigenvalue weighted by molar-refractivity contribution is 6.46. The molecule has 1 atom stereocenters. The number of ketones is 1. The van der Waals surface area contributed by atoms with Gasteiger partial charge >= 0.3 is 0 Å². The molecule has 0 spiro atoms. The molecular formula is C23H26N2O3. The lowest BCUT2D eigenvalue weighted by Gasteiger charge is -2.25. The first-order chi connectivity index (χ1) is 13.5. The van der Waals surface area contributed by atoms with Crippen molar-refractivity contribution in [2.75, 3.05) is 6.54 Å². The number of aromatic nitrogens is 1. The molecule has 5 nitrogen and oxygen atoms in total. The molecular weight excluding hydrogens is 352 g/mol. The Morgan fingerprint density at radius 2 is 1.79 bits per heavy atom. The third-order valence-electron chi connectivity index (χ3n) is 5.34. The average molecular weight is 378 g/mol. The van der Waals surface area contributed by atoms with E-state index in [0.29, 0.717) is 12.1 Å². The molecule has 1 unspecified atom stereocenters. The molecule has 1 fully saturated rings. The van der Waals surface area contributed by atoms with E-state index < -0.39 is 17.7 Å². The molecule has 1 N–H and O–H groups in total. The van der Waals surface area contributed by atoms with Gasteiger partial charge in [-0.2, -0.15) is 0 Å². The first-order valence-corrected chi connectivity index (χ1v) is 9.71. The van der Waals surface area contributed by atoms with Gasteiger partial charge in [-0.1, -0.05) is 31.9 Å². The number of Topliss-reactive ketones (excluding diaryl/α,β-unsaturated/α-hetero) is 1. The van der Waals surface area contributed by atoms with E-state index >= 15 is 0 Å². The summed E-state index contributed by atoms with van der Waals surface area (Å²) in [6.45, 7) is 6.52. The van der Waals surface area contributed by atoms with Gasteiger partial charge in [-0.25, -0.2) is 0 Å². The van der Waals surface area contributed by atoms with Crippen molar-refractivity contribution < 1.29 is 14.7 Å². The van der Waals surface area contributed by atoms with Crippen LogP contribution in [0.3, 0.4) is 0 Å². The topological polar surface area (TPSA) is 70.5 Å². The van der Waals surface area contributed by atoms with Gasteiger partial charge in [-0.15, -0.1) is 0 Å². The van der Waals surface area contributed by atoms with E-state index in [0.717, 1.165) is 36.0 Å². The summed E-state index contributed by atoms with van der Waals surface area (Å²) in [5, 5.41) is 11.0. The minimum absolute atomic E-state index is 0.124. The van der Waals surface area contributed by atoms with E-state index in [9.17, 15) is 14.7 Å². The summed E-state index contributed by atoms with van der Waals surface area (Å²) >= 11 is 0. The van der Waals surface area contributed by atoms with Crippen LogP contribution in [0.25, 0.3) is 5.76 Å². The van der Waals surface area contributed by atoms with Crippen LogP contribution in [0.2, 0.25) is 0 Å². The second kappa shape index (κ2) is 8.38. The predicted molar refractivity (Wildman–Crippen MR) is 109 cm³/mol. The third-order valence-corrected chi connectivity index (χ3v) is 5.34. The number of likely N-dealkylation sites (tertiary alicyclic amines) is 1. The number of rotatable bonds is 6. The van der Waals surface area contributed by atoms with Crippen LogP contribution in [0.15, 0.2) is 48.3 Å². The highest BCUT2D eigenvalue weighted by atomic mass is 16.3. The first kappa shape index (κ1) is 19.8. The number of carbonyl (C=O) groups excluding carboxylic acids is 2. The van der Waals surface area contributed by atoms with Crippen molar-refractivity contribution in [3.63, 3.8) is 0 Å². The summed E-state index contributed by atoms with van der Waals surface area (Å²) in [7, 11) is 0. The number of amides is 1. The molecule has 0 saturated carbocycles. The number of hydrogen-bond acceptors (Lipinski definition) is 4. The minimum atomic E-state index is -0.631. The Morgan fingerprint density at radius 3 is 2.43 bits per heavy atom. The second-order valence-electron chi connectivity index (χ2n) is 7.28. The van der Waals surface area contributed by atoms with Gasteiger partial charge in [0.1, 0.15) is 5.76 Å². The second-order valence-corrected chi connectivity index (χ2v) is 7.28. The quantitative estimate of drug-likeness (QED) is 0.352. The maximum atomic E-state index is 12.9. The molecule has 1 aromatic carbocycles. The summed E-state index contributed by atoms with van der Waals surface area (Å²) in [6.07, 6.45) is 6.08. The summed E-state index contributed by atoms with van der Waals surface area (Å²) in [4.78, 5) is 31.3. The zero-order valence-electron chi connectivity index (χ0n) is 16.6. The molecule has 1 saturated heterocycles. The molecule has 1 aliphatic rings. The predicted octanol–water partition coefficient (Wildman–Crippen LogP) is 4.31. The fourth-order valence-electron chi connectivity index (χ4n) is 3.58. The van der Waals surface area contributed by atoms with E-state index in [1.807, 2.05) is 26.0 Å². The van der Waals surface area contributed by atoms with Gasteiger partial charge in [0.25, 0.3) is 11.7 Å². The number of aliphatic hydroxyl groups excluding tert-OH is 1. The Morgan fingerprint density at radius 1 is 1.07 bits per heavy atom. The van der Waals surface area contributed by atoms with Crippen LogP contribution < -0.4 is 0 Å². The average Bonchev–Trinajstić information content (AvgIpc) is 2.95. The van der Waals surface area contributed by atoms with Crippen LogP contribution >= 0.6 is 0 Å². The van der Waals surface area contributed by atoms with Crippen molar-refractivity contribution in [2.45, 2.75) is 46.1 Å². The monoisotopic (exact) mass is 378 g/mol. The van der Waals surface area contributed by atoms with Crippen LogP contribution in [0.1, 0.15) is 54.5 Å². The van der Waals surface area contributed by atoms with Gasteiger partial charge in [-0.05, 0) is 55.2 Å². The van der Waals surface area contributed by atoms with Crippen molar-refractivity contribution >= 4 is 17.4 Å². The van der Waals surface area contributed by atoms with Crippen molar-refractivity contribution in [1.29, 1.82) is 0 Å². The van der Waals surface area contributed by atoms with E-state index in [2.05, 4.69) is 11.9 Å². The Balaban J connectivity index is 2.12. The van der Waals surface area contributed by atoms with Crippen LogP contribution in [-0.2, 0) is 9.59 Å². The molecule has 1 amide bonds. The van der Waals surface area contributed by atoms with Gasteiger partial charge in [-0.3, -0.25) is 14.6 Å². The molecule has 28 heavy (non-hydrogen) atoms. The molecule has 0 radical (unpaired) electrons. The highest BCUT2D eigenvalue weighted by Gasteiger charge is 2.45. The lowest BCUT2D eigenvalue weighted by Crippen LogP contribution is -2.30. The van der Waals surface area contributed by atoms with E-state index in [1.165, 1.54) is 0 Å². The minimum Gasteiger partial charge on any atom is -0.507 e.